The Balaban J connectivity index is 2.32. The maximum absolute atomic E-state index is 11.0. The van der Waals surface area contributed by atoms with Crippen LogP contribution in [0.15, 0.2) is 36.4 Å². The molecule has 0 fully saturated rings. The van der Waals surface area contributed by atoms with Gasteiger partial charge in [0.2, 0.25) is 5.91 Å². The molecule has 0 spiro atoms. The SMILES string of the molecule is CC(O)C(=O)NCC=Cc1ccccc1. The molecule has 2 N–H and O–H groups in total. The molecule has 3 heteroatoms. The first-order chi connectivity index (χ1) is 7.20. The second kappa shape index (κ2) is 5.98. The maximum Gasteiger partial charge on any atom is 0.248 e. The van der Waals surface area contributed by atoms with Crippen molar-refractivity contribution in [3.63, 3.8) is 0 Å². The van der Waals surface area contributed by atoms with E-state index in [1.165, 1.54) is 6.92 Å². The number of hydrogen-bond donors (Lipinski definition) is 2. The van der Waals surface area contributed by atoms with Crippen molar-refractivity contribution in [2.75, 3.05) is 6.54 Å². The van der Waals surface area contributed by atoms with Crippen LogP contribution < -0.4 is 5.32 Å². The molecular weight excluding hydrogens is 190 g/mol. The van der Waals surface area contributed by atoms with Crippen molar-refractivity contribution in [1.29, 1.82) is 0 Å². The molecule has 0 heterocycles. The van der Waals surface area contributed by atoms with E-state index < -0.39 is 6.10 Å². The Hall–Kier alpha value is -1.61. The first kappa shape index (κ1) is 11.5. The maximum atomic E-state index is 11.0. The predicted octanol–water partition coefficient (Wildman–Crippen LogP) is 1.20. The Morgan fingerprint density at radius 1 is 1.47 bits per heavy atom. The third kappa shape index (κ3) is 4.42. The molecule has 15 heavy (non-hydrogen) atoms. The van der Waals surface area contributed by atoms with Crippen molar-refractivity contribution in [3.05, 3.63) is 42.0 Å². The molecule has 1 aromatic carbocycles. The number of rotatable bonds is 4. The molecule has 0 aliphatic carbocycles. The summed E-state index contributed by atoms with van der Waals surface area (Å²) >= 11 is 0. The van der Waals surface area contributed by atoms with Crippen LogP contribution in [0, 0.1) is 0 Å². The van der Waals surface area contributed by atoms with Gasteiger partial charge in [0, 0.05) is 6.54 Å². The van der Waals surface area contributed by atoms with Gasteiger partial charge >= 0.3 is 0 Å². The molecule has 0 saturated carbocycles. The van der Waals surface area contributed by atoms with Crippen LogP contribution in [0.2, 0.25) is 0 Å². The number of hydrogen-bond acceptors (Lipinski definition) is 2. The number of nitrogens with one attached hydrogen (secondary N) is 1. The second-order valence-corrected chi connectivity index (χ2v) is 3.23. The fraction of sp³-hybridized carbons (Fsp3) is 0.250. The molecule has 3 nitrogen and oxygen atoms in total. The standard InChI is InChI=1S/C12H15NO2/c1-10(14)12(15)13-9-5-8-11-6-3-2-4-7-11/h2-8,10,14H,9H2,1H3,(H,13,15). The normalized spacial score (nSPS) is 12.7. The quantitative estimate of drug-likeness (QED) is 0.776. The van der Waals surface area contributed by atoms with Crippen molar-refractivity contribution < 1.29 is 9.90 Å². The van der Waals surface area contributed by atoms with Crippen molar-refractivity contribution >= 4 is 12.0 Å². The highest BCUT2D eigenvalue weighted by molar-refractivity contribution is 5.80. The van der Waals surface area contributed by atoms with E-state index >= 15 is 0 Å². The Morgan fingerprint density at radius 3 is 2.73 bits per heavy atom. The van der Waals surface area contributed by atoms with Gasteiger partial charge in [0.05, 0.1) is 0 Å². The van der Waals surface area contributed by atoms with Gasteiger partial charge in [-0.15, -0.1) is 0 Å². The van der Waals surface area contributed by atoms with Crippen LogP contribution in [0.3, 0.4) is 0 Å². The zero-order valence-corrected chi connectivity index (χ0v) is 8.68. The molecule has 1 rings (SSSR count). The smallest absolute Gasteiger partial charge is 0.248 e. The largest absolute Gasteiger partial charge is 0.384 e. The van der Waals surface area contributed by atoms with E-state index in [1.54, 1.807) is 0 Å². The van der Waals surface area contributed by atoms with Gasteiger partial charge in [0.1, 0.15) is 6.10 Å². The van der Waals surface area contributed by atoms with E-state index in [2.05, 4.69) is 5.32 Å². The monoisotopic (exact) mass is 205 g/mol. The molecule has 80 valence electrons. The zero-order valence-electron chi connectivity index (χ0n) is 8.68. The van der Waals surface area contributed by atoms with Gasteiger partial charge < -0.3 is 10.4 Å². The first-order valence-electron chi connectivity index (χ1n) is 4.87. The summed E-state index contributed by atoms with van der Waals surface area (Å²) in [4.78, 5) is 11.0. The summed E-state index contributed by atoms with van der Waals surface area (Å²) in [5.41, 5.74) is 1.09. The number of aliphatic hydroxyl groups excluding tert-OH is 1. The minimum atomic E-state index is -0.949. The predicted molar refractivity (Wildman–Crippen MR) is 60.2 cm³/mol. The Morgan fingerprint density at radius 2 is 2.13 bits per heavy atom. The Bertz CT molecular complexity index is 331. The average molecular weight is 205 g/mol. The molecular formula is C12H15NO2. The lowest BCUT2D eigenvalue weighted by Crippen LogP contribution is -2.32. The lowest BCUT2D eigenvalue weighted by atomic mass is 10.2. The van der Waals surface area contributed by atoms with Crippen LogP contribution >= 0.6 is 0 Å². The van der Waals surface area contributed by atoms with Gasteiger partial charge in [-0.25, -0.2) is 0 Å². The van der Waals surface area contributed by atoms with Gasteiger partial charge in [-0.1, -0.05) is 42.5 Å². The number of benzene rings is 1. The van der Waals surface area contributed by atoms with E-state index in [9.17, 15) is 4.79 Å². The van der Waals surface area contributed by atoms with Gasteiger partial charge in [-0.3, -0.25) is 4.79 Å². The fourth-order valence-corrected chi connectivity index (χ4v) is 1.07. The molecule has 0 bridgehead atoms. The Kier molecular flexibility index (Phi) is 4.57. The summed E-state index contributed by atoms with van der Waals surface area (Å²) in [5, 5.41) is 11.5. The van der Waals surface area contributed by atoms with E-state index in [4.69, 9.17) is 5.11 Å². The average Bonchev–Trinajstić information content (AvgIpc) is 2.25. The van der Waals surface area contributed by atoms with Crippen LogP contribution in [-0.4, -0.2) is 23.7 Å². The lowest BCUT2D eigenvalue weighted by Gasteiger charge is -2.03. The Labute approximate surface area is 89.4 Å². The third-order valence-corrected chi connectivity index (χ3v) is 1.88. The zero-order chi connectivity index (χ0) is 11.1. The molecule has 0 aliphatic rings. The second-order valence-electron chi connectivity index (χ2n) is 3.23. The van der Waals surface area contributed by atoms with Crippen molar-refractivity contribution in [1.82, 2.24) is 5.32 Å². The molecule has 1 amide bonds. The molecule has 0 aromatic heterocycles. The van der Waals surface area contributed by atoms with Crippen molar-refractivity contribution in [2.45, 2.75) is 13.0 Å². The van der Waals surface area contributed by atoms with E-state index in [-0.39, 0.29) is 5.91 Å². The fourth-order valence-electron chi connectivity index (χ4n) is 1.07. The van der Waals surface area contributed by atoms with Gasteiger partial charge in [-0.05, 0) is 12.5 Å². The van der Waals surface area contributed by atoms with Crippen molar-refractivity contribution in [2.24, 2.45) is 0 Å². The molecule has 1 aromatic rings. The summed E-state index contributed by atoms with van der Waals surface area (Å²) in [6, 6.07) is 9.81. The summed E-state index contributed by atoms with van der Waals surface area (Å²) in [6.45, 7) is 1.87. The van der Waals surface area contributed by atoms with Crippen LogP contribution in [-0.2, 0) is 4.79 Å². The molecule has 0 saturated heterocycles. The van der Waals surface area contributed by atoms with Crippen LogP contribution in [0.25, 0.3) is 6.08 Å². The lowest BCUT2D eigenvalue weighted by molar-refractivity contribution is -0.128. The van der Waals surface area contributed by atoms with E-state index in [0.29, 0.717) is 6.54 Å². The minimum Gasteiger partial charge on any atom is -0.384 e. The number of amides is 1. The van der Waals surface area contributed by atoms with Crippen LogP contribution in [0.1, 0.15) is 12.5 Å². The highest BCUT2D eigenvalue weighted by atomic mass is 16.3. The summed E-state index contributed by atoms with van der Waals surface area (Å²) in [5.74, 6) is -0.354. The molecule has 0 aliphatic heterocycles. The highest BCUT2D eigenvalue weighted by Gasteiger charge is 2.05. The topological polar surface area (TPSA) is 49.3 Å². The molecule has 0 radical (unpaired) electrons. The number of carbonyl (C=O) groups is 1. The highest BCUT2D eigenvalue weighted by Crippen LogP contribution is 1.99. The molecule has 1 atom stereocenters. The minimum absolute atomic E-state index is 0.354. The van der Waals surface area contributed by atoms with E-state index in [0.717, 1.165) is 5.56 Å². The first-order valence-corrected chi connectivity index (χ1v) is 4.87. The summed E-state index contributed by atoms with van der Waals surface area (Å²) < 4.78 is 0. The van der Waals surface area contributed by atoms with Gasteiger partial charge in [-0.2, -0.15) is 0 Å². The van der Waals surface area contributed by atoms with Crippen LogP contribution in [0.5, 0.6) is 0 Å². The van der Waals surface area contributed by atoms with Gasteiger partial charge in [0.15, 0.2) is 0 Å². The van der Waals surface area contributed by atoms with Gasteiger partial charge in [0.25, 0.3) is 0 Å². The summed E-state index contributed by atoms with van der Waals surface area (Å²) in [6.07, 6.45) is 2.81. The third-order valence-electron chi connectivity index (χ3n) is 1.88. The van der Waals surface area contributed by atoms with Crippen molar-refractivity contribution in [3.8, 4) is 0 Å². The molecule has 1 unspecified atom stereocenters. The number of carbonyl (C=O) groups excluding carboxylic acids is 1. The number of aliphatic hydroxyl groups is 1. The van der Waals surface area contributed by atoms with E-state index in [1.807, 2.05) is 42.5 Å². The summed E-state index contributed by atoms with van der Waals surface area (Å²) in [7, 11) is 0. The van der Waals surface area contributed by atoms with Crippen LogP contribution in [0.4, 0.5) is 0 Å².